The van der Waals surface area contributed by atoms with Gasteiger partial charge in [0.25, 0.3) is 5.56 Å². The molecule has 76 valence electrons. The van der Waals surface area contributed by atoms with Crippen LogP contribution in [0.5, 0.6) is 0 Å². The molecule has 0 bridgehead atoms. The molecule has 0 aliphatic rings. The Labute approximate surface area is 88.5 Å². The van der Waals surface area contributed by atoms with Gasteiger partial charge in [0.05, 0.1) is 10.6 Å². The Balaban J connectivity index is 2.97. The van der Waals surface area contributed by atoms with E-state index in [-0.39, 0.29) is 11.3 Å². The van der Waals surface area contributed by atoms with Crippen LogP contribution in [0.15, 0.2) is 9.82 Å². The number of nitrogens with one attached hydrogen (secondary N) is 2. The standard InChI is InChI=1S/C8H7N5OS/c1-15-7-3(2-9)4-5(11-7)12-8(10)13-6(4)14/h1H3,(H4,10,11,12,13,14). The van der Waals surface area contributed by atoms with E-state index in [1.807, 2.05) is 12.3 Å². The number of nitrogens with zero attached hydrogens (tertiary/aromatic N) is 2. The van der Waals surface area contributed by atoms with Crippen LogP contribution in [-0.2, 0) is 0 Å². The zero-order chi connectivity index (χ0) is 11.0. The highest BCUT2D eigenvalue weighted by molar-refractivity contribution is 7.98. The van der Waals surface area contributed by atoms with E-state index < -0.39 is 5.56 Å². The molecule has 0 fully saturated rings. The Kier molecular flexibility index (Phi) is 2.13. The average Bonchev–Trinajstić information content (AvgIpc) is 2.55. The summed E-state index contributed by atoms with van der Waals surface area (Å²) < 4.78 is 0. The van der Waals surface area contributed by atoms with Gasteiger partial charge in [-0.15, -0.1) is 11.8 Å². The van der Waals surface area contributed by atoms with E-state index in [2.05, 4.69) is 15.0 Å². The van der Waals surface area contributed by atoms with Crippen molar-refractivity contribution in [2.45, 2.75) is 5.03 Å². The molecule has 0 unspecified atom stereocenters. The second-order valence-corrected chi connectivity index (χ2v) is 3.64. The molecule has 0 saturated carbocycles. The Morgan fingerprint density at radius 2 is 2.27 bits per heavy atom. The van der Waals surface area contributed by atoms with Crippen molar-refractivity contribution >= 4 is 28.7 Å². The molecule has 0 aromatic carbocycles. The Morgan fingerprint density at radius 1 is 1.53 bits per heavy atom. The van der Waals surface area contributed by atoms with Crippen molar-refractivity contribution in [3.8, 4) is 6.07 Å². The number of hydrogen-bond donors (Lipinski definition) is 3. The molecule has 2 heterocycles. The van der Waals surface area contributed by atoms with Crippen LogP contribution >= 0.6 is 11.8 Å². The summed E-state index contributed by atoms with van der Waals surface area (Å²) in [5.41, 5.74) is 5.65. The first-order chi connectivity index (χ1) is 7.17. The van der Waals surface area contributed by atoms with Gasteiger partial charge in [0.15, 0.2) is 0 Å². The third-order valence-electron chi connectivity index (χ3n) is 1.96. The molecule has 0 radical (unpaired) electrons. The summed E-state index contributed by atoms with van der Waals surface area (Å²) in [6.45, 7) is 0. The van der Waals surface area contributed by atoms with Gasteiger partial charge in [-0.2, -0.15) is 10.2 Å². The van der Waals surface area contributed by atoms with E-state index in [1.54, 1.807) is 0 Å². The lowest BCUT2D eigenvalue weighted by atomic mass is 10.3. The molecule has 2 aromatic rings. The van der Waals surface area contributed by atoms with Crippen molar-refractivity contribution in [3.63, 3.8) is 0 Å². The summed E-state index contributed by atoms with van der Waals surface area (Å²) in [6.07, 6.45) is 1.81. The fourth-order valence-electron chi connectivity index (χ4n) is 1.36. The predicted octanol–water partition coefficient (Wildman–Crippen LogP) is 0.427. The molecule has 0 aliphatic heterocycles. The van der Waals surface area contributed by atoms with Crippen LogP contribution < -0.4 is 11.3 Å². The van der Waals surface area contributed by atoms with Crippen LogP contribution in [-0.4, -0.2) is 21.2 Å². The molecular weight excluding hydrogens is 214 g/mol. The Bertz CT molecular complexity index is 620. The van der Waals surface area contributed by atoms with Crippen LogP contribution in [0.25, 0.3) is 11.0 Å². The maximum Gasteiger partial charge on any atom is 0.263 e. The minimum Gasteiger partial charge on any atom is -0.369 e. The van der Waals surface area contributed by atoms with E-state index >= 15 is 0 Å². The van der Waals surface area contributed by atoms with Crippen molar-refractivity contribution in [1.29, 1.82) is 5.26 Å². The number of aromatic amines is 2. The van der Waals surface area contributed by atoms with Crippen LogP contribution in [0, 0.1) is 11.3 Å². The van der Waals surface area contributed by atoms with Gasteiger partial charge in [0, 0.05) is 0 Å². The van der Waals surface area contributed by atoms with Gasteiger partial charge < -0.3 is 10.7 Å². The van der Waals surface area contributed by atoms with Gasteiger partial charge in [0.1, 0.15) is 17.1 Å². The SMILES string of the molecule is CSc1[nH]c2nc(N)[nH]c(=O)c2c1C#N. The molecule has 0 atom stereocenters. The van der Waals surface area contributed by atoms with Crippen LogP contribution in [0.3, 0.4) is 0 Å². The molecule has 2 rings (SSSR count). The largest absolute Gasteiger partial charge is 0.369 e. The first kappa shape index (κ1) is 9.61. The number of nitriles is 1. The lowest BCUT2D eigenvalue weighted by Gasteiger charge is -1.91. The highest BCUT2D eigenvalue weighted by Crippen LogP contribution is 2.24. The van der Waals surface area contributed by atoms with Crippen LogP contribution in [0.2, 0.25) is 0 Å². The molecule has 2 aromatic heterocycles. The molecule has 6 nitrogen and oxygen atoms in total. The maximum atomic E-state index is 11.6. The number of rotatable bonds is 1. The molecule has 0 amide bonds. The van der Waals surface area contributed by atoms with Gasteiger partial charge >= 0.3 is 0 Å². The van der Waals surface area contributed by atoms with Crippen molar-refractivity contribution in [3.05, 3.63) is 15.9 Å². The number of nitrogens with two attached hydrogens (primary N) is 1. The third kappa shape index (κ3) is 1.35. The Hall–Kier alpha value is -1.94. The maximum absolute atomic E-state index is 11.6. The predicted molar refractivity (Wildman–Crippen MR) is 57.6 cm³/mol. The quantitative estimate of drug-likeness (QED) is 0.604. The van der Waals surface area contributed by atoms with Gasteiger partial charge in [-0.3, -0.25) is 9.78 Å². The normalized spacial score (nSPS) is 10.4. The minimum atomic E-state index is -0.398. The molecule has 15 heavy (non-hydrogen) atoms. The first-order valence-corrected chi connectivity index (χ1v) is 5.25. The lowest BCUT2D eigenvalue weighted by molar-refractivity contribution is 1.15. The van der Waals surface area contributed by atoms with Gasteiger partial charge in [-0.1, -0.05) is 0 Å². The lowest BCUT2D eigenvalue weighted by Crippen LogP contribution is -2.11. The van der Waals surface area contributed by atoms with E-state index in [1.165, 1.54) is 11.8 Å². The fraction of sp³-hybridized carbons (Fsp3) is 0.125. The monoisotopic (exact) mass is 221 g/mol. The second-order valence-electron chi connectivity index (χ2n) is 2.82. The third-order valence-corrected chi connectivity index (χ3v) is 2.68. The van der Waals surface area contributed by atoms with Crippen molar-refractivity contribution < 1.29 is 0 Å². The summed E-state index contributed by atoms with van der Waals surface area (Å²) in [7, 11) is 0. The molecule has 0 spiro atoms. The van der Waals surface area contributed by atoms with Gasteiger partial charge in [-0.25, -0.2) is 0 Å². The number of nitrogen functional groups attached to an aromatic ring is 1. The Morgan fingerprint density at radius 3 is 2.87 bits per heavy atom. The number of H-pyrrole nitrogens is 2. The van der Waals surface area contributed by atoms with Crippen molar-refractivity contribution in [2.24, 2.45) is 0 Å². The van der Waals surface area contributed by atoms with Crippen LogP contribution in [0.1, 0.15) is 5.56 Å². The first-order valence-electron chi connectivity index (χ1n) is 4.03. The molecule has 4 N–H and O–H groups in total. The van der Waals surface area contributed by atoms with Gasteiger partial charge in [0.2, 0.25) is 5.95 Å². The fourth-order valence-corrected chi connectivity index (χ4v) is 1.91. The van der Waals surface area contributed by atoms with Crippen LogP contribution in [0.4, 0.5) is 5.95 Å². The topological polar surface area (TPSA) is 111 Å². The zero-order valence-electron chi connectivity index (χ0n) is 7.79. The number of hydrogen-bond acceptors (Lipinski definition) is 5. The summed E-state index contributed by atoms with van der Waals surface area (Å²) >= 11 is 1.35. The molecular formula is C8H7N5OS. The highest BCUT2D eigenvalue weighted by Gasteiger charge is 2.15. The molecule has 7 heteroatoms. The average molecular weight is 221 g/mol. The van der Waals surface area contributed by atoms with E-state index in [0.29, 0.717) is 16.2 Å². The summed E-state index contributed by atoms with van der Waals surface area (Å²) in [5, 5.41) is 9.82. The minimum absolute atomic E-state index is 0.0332. The summed E-state index contributed by atoms with van der Waals surface area (Å²) in [5.74, 6) is 0.0332. The van der Waals surface area contributed by atoms with E-state index in [4.69, 9.17) is 11.0 Å². The number of anilines is 1. The highest BCUT2D eigenvalue weighted by atomic mass is 32.2. The number of thioether (sulfide) groups is 1. The van der Waals surface area contributed by atoms with Gasteiger partial charge in [-0.05, 0) is 6.26 Å². The smallest absolute Gasteiger partial charge is 0.263 e. The second kappa shape index (κ2) is 3.33. The zero-order valence-corrected chi connectivity index (χ0v) is 8.60. The van der Waals surface area contributed by atoms with Crippen molar-refractivity contribution in [1.82, 2.24) is 15.0 Å². The van der Waals surface area contributed by atoms with Crippen molar-refractivity contribution in [2.75, 3.05) is 12.0 Å². The van der Waals surface area contributed by atoms with E-state index in [0.717, 1.165) is 0 Å². The van der Waals surface area contributed by atoms with E-state index in [9.17, 15) is 4.79 Å². The molecule has 0 aliphatic carbocycles. The number of fused-ring (bicyclic) bond motifs is 1. The molecule has 0 saturated heterocycles. The summed E-state index contributed by atoms with van der Waals surface area (Å²) in [6, 6.07) is 1.98. The summed E-state index contributed by atoms with van der Waals surface area (Å²) in [4.78, 5) is 20.7. The number of aromatic nitrogens is 3.